The number of fused-ring (bicyclic) bond motifs is 4. The first kappa shape index (κ1) is 62.6. The molecule has 6 aromatic rings. The predicted octanol–water partition coefficient (Wildman–Crippen LogP) is 8.57. The Kier molecular flexibility index (Phi) is 20.0. The number of methoxy groups -OCH3 is 1. The van der Waals surface area contributed by atoms with E-state index in [0.29, 0.717) is 98.2 Å². The molecular formula is C69H84N6O11Si. The number of aliphatic hydroxyl groups excluding tert-OH is 3. The van der Waals surface area contributed by atoms with Gasteiger partial charge in [0, 0.05) is 49.2 Å². The summed E-state index contributed by atoms with van der Waals surface area (Å²) in [4.78, 5) is 68.1. The van der Waals surface area contributed by atoms with Crippen molar-refractivity contribution in [3.8, 4) is 17.2 Å². The zero-order chi connectivity index (χ0) is 61.4. The van der Waals surface area contributed by atoms with Crippen LogP contribution >= 0.6 is 0 Å². The standard InChI is InChI=1S/C69H84N6O11Si/c1-7-84-54-25-30-60-49(38-54)40-58(70-32-12-14-35-76)66(80)74(60)51-20-18-48(19-21-51)45-73-62-29-22-52(75-61-31-26-55(85-8-2)39-50(61)41-59(67(75)81)71-33-13-15-36-77)42-57(62)69(68(73)82)46(3)65(87(5,6)56-27-23-53(83-4)24-28-56)63(86-69)43-64(79)72(34-37-78)44-47-16-10-9-11-17-47/h9-11,16-31,38-39,42,46,58-59,63,65,70-71,76-78H,7-8,12-15,32-37,40-41,43-45H2,1-6H3/t46-,58?,59?,63+,65-,69+/m1/s1. The Morgan fingerprint density at radius 2 is 1.22 bits per heavy atom. The maximum atomic E-state index is 16.5. The first-order chi connectivity index (χ1) is 42.2. The molecule has 0 aliphatic carbocycles. The molecule has 5 N–H and O–H groups in total. The Morgan fingerprint density at radius 3 is 1.77 bits per heavy atom. The van der Waals surface area contributed by atoms with Gasteiger partial charge in [-0.1, -0.05) is 79.8 Å². The highest BCUT2D eigenvalue weighted by Crippen LogP contribution is 2.61. The molecule has 0 saturated carbocycles. The van der Waals surface area contributed by atoms with Crippen LogP contribution in [0.3, 0.4) is 0 Å². The summed E-state index contributed by atoms with van der Waals surface area (Å²) >= 11 is 0. The molecule has 18 heteroatoms. The molecular weight excluding hydrogens is 1120 g/mol. The van der Waals surface area contributed by atoms with Gasteiger partial charge in [0.1, 0.15) is 17.2 Å². The van der Waals surface area contributed by atoms with Crippen molar-refractivity contribution in [2.45, 2.75) is 121 Å². The second kappa shape index (κ2) is 27.7. The lowest BCUT2D eigenvalue weighted by molar-refractivity contribution is -0.150. The molecule has 0 aromatic heterocycles. The number of carbonyl (C=O) groups is 4. The summed E-state index contributed by atoms with van der Waals surface area (Å²) < 4.78 is 25.1. The van der Waals surface area contributed by atoms with Crippen LogP contribution < -0.4 is 44.7 Å². The van der Waals surface area contributed by atoms with Crippen molar-refractivity contribution in [3.05, 3.63) is 161 Å². The van der Waals surface area contributed by atoms with Crippen LogP contribution in [-0.2, 0) is 55.4 Å². The van der Waals surface area contributed by atoms with Crippen LogP contribution in [0.1, 0.15) is 80.7 Å². The minimum atomic E-state index is -2.79. The fraction of sp³-hybridized carbons (Fsp3) is 0.420. The Morgan fingerprint density at radius 1 is 0.667 bits per heavy atom. The van der Waals surface area contributed by atoms with Crippen LogP contribution in [0.25, 0.3) is 0 Å². The van der Waals surface area contributed by atoms with Gasteiger partial charge in [-0.3, -0.25) is 29.0 Å². The van der Waals surface area contributed by atoms with E-state index < -0.39 is 37.8 Å². The molecule has 0 radical (unpaired) electrons. The first-order valence-electron chi connectivity index (χ1n) is 30.9. The van der Waals surface area contributed by atoms with Crippen LogP contribution in [0.4, 0.5) is 28.4 Å². The zero-order valence-corrected chi connectivity index (χ0v) is 52.0. The summed E-state index contributed by atoms with van der Waals surface area (Å²) in [6.07, 6.45) is 2.68. The summed E-state index contributed by atoms with van der Waals surface area (Å²) in [6.45, 7) is 12.9. The molecule has 4 aliphatic rings. The number of ether oxygens (including phenoxy) is 4. The van der Waals surface area contributed by atoms with E-state index in [9.17, 15) is 20.1 Å². The minimum absolute atomic E-state index is 0.0483. The van der Waals surface area contributed by atoms with E-state index in [-0.39, 0.29) is 75.0 Å². The Bertz CT molecular complexity index is 3390. The monoisotopic (exact) mass is 1200 g/mol. The zero-order valence-electron chi connectivity index (χ0n) is 51.0. The van der Waals surface area contributed by atoms with E-state index >= 15 is 14.4 Å². The topological polar surface area (TPSA) is 203 Å². The fourth-order valence-corrected chi connectivity index (χ4v) is 17.7. The van der Waals surface area contributed by atoms with E-state index in [1.807, 2.05) is 135 Å². The molecule has 0 bridgehead atoms. The van der Waals surface area contributed by atoms with Crippen molar-refractivity contribution in [1.29, 1.82) is 0 Å². The maximum absolute atomic E-state index is 16.5. The lowest BCUT2D eigenvalue weighted by Gasteiger charge is -2.37. The number of unbranched alkanes of at least 4 members (excludes halogenated alkanes) is 2. The van der Waals surface area contributed by atoms with Crippen LogP contribution in [-0.4, -0.2) is 130 Å². The number of carbonyl (C=O) groups excluding carboxylic acids is 4. The highest BCUT2D eigenvalue weighted by atomic mass is 28.3. The molecule has 4 amide bonds. The van der Waals surface area contributed by atoms with E-state index in [1.54, 1.807) is 26.7 Å². The molecule has 10 rings (SSSR count). The number of benzene rings is 6. The van der Waals surface area contributed by atoms with Gasteiger partial charge in [-0.2, -0.15) is 0 Å². The highest BCUT2D eigenvalue weighted by molar-refractivity contribution is 6.91. The molecule has 6 aromatic carbocycles. The van der Waals surface area contributed by atoms with Gasteiger partial charge < -0.3 is 54.7 Å². The molecule has 2 unspecified atom stereocenters. The van der Waals surface area contributed by atoms with Crippen molar-refractivity contribution in [3.63, 3.8) is 0 Å². The fourth-order valence-electron chi connectivity index (χ4n) is 13.7. The normalized spacial score (nSPS) is 20.6. The molecule has 1 spiro atoms. The summed E-state index contributed by atoms with van der Waals surface area (Å²) in [5.74, 6) is 0.814. The van der Waals surface area contributed by atoms with Gasteiger partial charge in [-0.15, -0.1) is 0 Å². The summed E-state index contributed by atoms with van der Waals surface area (Å²) in [5.41, 5.74) is 5.44. The predicted molar refractivity (Wildman–Crippen MR) is 340 cm³/mol. The molecule has 4 heterocycles. The summed E-state index contributed by atoms with van der Waals surface area (Å²) in [7, 11) is -1.16. The minimum Gasteiger partial charge on any atom is -0.497 e. The van der Waals surface area contributed by atoms with Gasteiger partial charge in [0.25, 0.3) is 5.91 Å². The average Bonchev–Trinajstić information content (AvgIpc) is 1.54. The number of anilines is 5. The average molecular weight is 1200 g/mol. The van der Waals surface area contributed by atoms with Crippen molar-refractivity contribution in [2.24, 2.45) is 5.92 Å². The SMILES string of the molecule is CCOc1ccc2c(c1)CC(NCCCCO)C(=O)N2c1ccc(CN2C(=O)[C@@]3(O[C@@H](CC(=O)N(CCO)Cc4ccccc4)[C@H]([Si](C)(C)c4ccc(OC)cc4)[C@H]3C)c3cc(N4C(=O)C(NCCCCO)Cc5cc(OCC)ccc54)ccc32)cc1. The molecule has 17 nitrogen and oxygen atoms in total. The highest BCUT2D eigenvalue weighted by Gasteiger charge is 2.67. The Hall–Kier alpha value is -7.42. The van der Waals surface area contributed by atoms with Crippen molar-refractivity contribution < 1.29 is 53.4 Å². The van der Waals surface area contributed by atoms with Gasteiger partial charge in [-0.05, 0) is 172 Å². The molecule has 87 heavy (non-hydrogen) atoms. The Labute approximate surface area is 512 Å². The third kappa shape index (κ3) is 12.8. The van der Waals surface area contributed by atoms with Gasteiger partial charge >= 0.3 is 0 Å². The molecule has 1 fully saturated rings. The molecule has 6 atom stereocenters. The number of nitrogens with one attached hydrogen (secondary N) is 2. The quantitative estimate of drug-likeness (QED) is 0.0243. The van der Waals surface area contributed by atoms with Gasteiger partial charge in [-0.25, -0.2) is 0 Å². The van der Waals surface area contributed by atoms with Gasteiger partial charge in [0.2, 0.25) is 17.7 Å². The Balaban J connectivity index is 1.08. The van der Waals surface area contributed by atoms with Crippen molar-refractivity contribution in [1.82, 2.24) is 15.5 Å². The van der Waals surface area contributed by atoms with Crippen LogP contribution in [0.2, 0.25) is 18.6 Å². The summed E-state index contributed by atoms with van der Waals surface area (Å²) in [6, 6.07) is 41.7. The lowest BCUT2D eigenvalue weighted by atomic mass is 9.82. The van der Waals surface area contributed by atoms with E-state index in [2.05, 4.69) is 42.8 Å². The third-order valence-electron chi connectivity index (χ3n) is 18.0. The largest absolute Gasteiger partial charge is 0.497 e. The molecule has 1 saturated heterocycles. The summed E-state index contributed by atoms with van der Waals surface area (Å²) in [5, 5.41) is 37.5. The molecule has 460 valence electrons. The lowest BCUT2D eigenvalue weighted by Crippen LogP contribution is -2.52. The number of nitrogens with zero attached hydrogens (tertiary/aromatic N) is 4. The second-order valence-electron chi connectivity index (χ2n) is 23.7. The smallest absolute Gasteiger partial charge is 0.264 e. The number of hydrogen-bond donors (Lipinski definition) is 5. The van der Waals surface area contributed by atoms with Crippen molar-refractivity contribution in [2.75, 3.05) is 74.5 Å². The van der Waals surface area contributed by atoms with E-state index in [4.69, 9.17) is 18.9 Å². The van der Waals surface area contributed by atoms with Crippen LogP contribution in [0, 0.1) is 5.92 Å². The third-order valence-corrected chi connectivity index (χ3v) is 22.3. The first-order valence-corrected chi connectivity index (χ1v) is 33.9. The number of amides is 4. The number of hydrogen-bond acceptors (Lipinski definition) is 13. The number of aliphatic hydroxyl groups is 3. The van der Waals surface area contributed by atoms with Crippen molar-refractivity contribution >= 4 is 65.3 Å². The van der Waals surface area contributed by atoms with Gasteiger partial charge in [0.15, 0.2) is 5.60 Å². The van der Waals surface area contributed by atoms with E-state index in [1.165, 1.54) is 0 Å². The maximum Gasteiger partial charge on any atom is 0.264 e. The molecule has 4 aliphatic heterocycles. The van der Waals surface area contributed by atoms with Crippen LogP contribution in [0.15, 0.2) is 133 Å². The second-order valence-corrected chi connectivity index (χ2v) is 28.4. The number of rotatable bonds is 27. The van der Waals surface area contributed by atoms with E-state index in [0.717, 1.165) is 45.3 Å². The van der Waals surface area contributed by atoms with Crippen LogP contribution in [0.5, 0.6) is 17.2 Å². The van der Waals surface area contributed by atoms with Gasteiger partial charge in [0.05, 0.1) is 83.2 Å².